The largest absolute Gasteiger partial charge is 0.345 e. The molecule has 4 nitrogen and oxygen atoms in total. The summed E-state index contributed by atoms with van der Waals surface area (Å²) >= 11 is 6.16. The summed E-state index contributed by atoms with van der Waals surface area (Å²) in [6, 6.07) is 3.74. The monoisotopic (exact) mass is 252 g/mol. The summed E-state index contributed by atoms with van der Waals surface area (Å²) in [5.74, 6) is -0.306. The van der Waals surface area contributed by atoms with Gasteiger partial charge in [-0.3, -0.25) is 14.5 Å². The van der Waals surface area contributed by atoms with Crippen LogP contribution in [0.4, 0.5) is 5.69 Å². The molecular weight excluding hydrogens is 240 g/mol. The molecule has 0 atom stereocenters. The predicted molar refractivity (Wildman–Crippen MR) is 66.3 cm³/mol. The number of aryl methyl sites for hydroxylation is 2. The Labute approximate surface area is 105 Å². The third-order valence-corrected chi connectivity index (χ3v) is 3.00. The Morgan fingerprint density at radius 2 is 2.00 bits per heavy atom. The summed E-state index contributed by atoms with van der Waals surface area (Å²) in [7, 11) is 0. The van der Waals surface area contributed by atoms with E-state index in [1.807, 2.05) is 19.9 Å². The van der Waals surface area contributed by atoms with Crippen LogP contribution in [0.1, 0.15) is 11.1 Å². The van der Waals surface area contributed by atoms with Crippen LogP contribution < -0.4 is 10.2 Å². The van der Waals surface area contributed by atoms with Crippen molar-refractivity contribution in [2.24, 2.45) is 0 Å². The Hall–Kier alpha value is -1.55. The van der Waals surface area contributed by atoms with Crippen LogP contribution in [0.15, 0.2) is 12.1 Å². The van der Waals surface area contributed by atoms with E-state index in [1.165, 1.54) is 4.90 Å². The molecular formula is C12H13ClN2O2. The minimum atomic E-state index is -0.166. The number of hydrogen-bond acceptors (Lipinski definition) is 2. The van der Waals surface area contributed by atoms with Gasteiger partial charge < -0.3 is 5.32 Å². The van der Waals surface area contributed by atoms with Crippen molar-refractivity contribution >= 4 is 29.1 Å². The van der Waals surface area contributed by atoms with E-state index in [0.29, 0.717) is 10.7 Å². The molecule has 1 aliphatic rings. The topological polar surface area (TPSA) is 49.4 Å². The number of benzene rings is 1. The molecule has 1 N–H and O–H groups in total. The zero-order valence-electron chi connectivity index (χ0n) is 9.71. The van der Waals surface area contributed by atoms with Crippen molar-refractivity contribution in [1.29, 1.82) is 0 Å². The van der Waals surface area contributed by atoms with E-state index in [4.69, 9.17) is 11.6 Å². The van der Waals surface area contributed by atoms with E-state index >= 15 is 0 Å². The fourth-order valence-corrected chi connectivity index (χ4v) is 2.43. The van der Waals surface area contributed by atoms with Crippen LogP contribution in [0.2, 0.25) is 5.02 Å². The van der Waals surface area contributed by atoms with Gasteiger partial charge >= 0.3 is 0 Å². The second-order valence-electron chi connectivity index (χ2n) is 4.17. The number of nitrogens with zero attached hydrogens (tertiary/aromatic N) is 1. The second kappa shape index (κ2) is 4.37. The fourth-order valence-electron chi connectivity index (χ4n) is 2.01. The Balaban J connectivity index is 2.45. The number of carbonyl (C=O) groups is 2. The third kappa shape index (κ3) is 2.26. The van der Waals surface area contributed by atoms with E-state index in [9.17, 15) is 9.59 Å². The van der Waals surface area contributed by atoms with Crippen LogP contribution in [0.3, 0.4) is 0 Å². The number of halogens is 1. The van der Waals surface area contributed by atoms with Crippen LogP contribution >= 0.6 is 11.6 Å². The van der Waals surface area contributed by atoms with Crippen molar-refractivity contribution in [2.75, 3.05) is 18.0 Å². The smallest absolute Gasteiger partial charge is 0.246 e. The van der Waals surface area contributed by atoms with Crippen LogP contribution in [0, 0.1) is 13.8 Å². The molecule has 1 aromatic rings. The van der Waals surface area contributed by atoms with Gasteiger partial charge in [-0.2, -0.15) is 0 Å². The molecule has 2 amide bonds. The molecule has 0 unspecified atom stereocenters. The first-order valence-corrected chi connectivity index (χ1v) is 5.70. The quantitative estimate of drug-likeness (QED) is 0.822. The van der Waals surface area contributed by atoms with E-state index in [2.05, 4.69) is 5.32 Å². The molecule has 1 aromatic carbocycles. The summed E-state index contributed by atoms with van der Waals surface area (Å²) in [6.45, 7) is 3.88. The van der Waals surface area contributed by atoms with Gasteiger partial charge in [-0.15, -0.1) is 0 Å². The average Bonchev–Trinajstić information content (AvgIpc) is 2.21. The van der Waals surface area contributed by atoms with Crippen LogP contribution in [0.25, 0.3) is 0 Å². The Kier molecular flexibility index (Phi) is 3.07. The number of carbonyl (C=O) groups excluding carboxylic acids is 2. The standard InChI is InChI=1S/C12H13ClN2O2/c1-7-3-8(2)12(9(13)4-7)15-6-10(16)14-5-11(15)17/h3-4H,5-6H2,1-2H3,(H,14,16). The summed E-state index contributed by atoms with van der Waals surface area (Å²) in [5, 5.41) is 3.01. The molecule has 0 spiro atoms. The second-order valence-corrected chi connectivity index (χ2v) is 4.58. The lowest BCUT2D eigenvalue weighted by Crippen LogP contribution is -2.52. The first-order chi connectivity index (χ1) is 7.99. The predicted octanol–water partition coefficient (Wildman–Crippen LogP) is 1.42. The summed E-state index contributed by atoms with van der Waals surface area (Å²) in [5.41, 5.74) is 2.57. The molecule has 1 saturated heterocycles. The molecule has 0 radical (unpaired) electrons. The van der Waals surface area contributed by atoms with Crippen LogP contribution in [-0.4, -0.2) is 24.9 Å². The molecule has 2 rings (SSSR count). The average molecular weight is 253 g/mol. The van der Waals surface area contributed by atoms with Crippen LogP contribution in [-0.2, 0) is 9.59 Å². The SMILES string of the molecule is Cc1cc(C)c(N2CC(=O)NCC2=O)c(Cl)c1. The highest BCUT2D eigenvalue weighted by atomic mass is 35.5. The Bertz CT molecular complexity index is 476. The minimum absolute atomic E-state index is 0.0302. The molecule has 90 valence electrons. The van der Waals surface area contributed by atoms with Crippen molar-refractivity contribution in [1.82, 2.24) is 5.32 Å². The maximum atomic E-state index is 11.8. The number of hydrogen-bond donors (Lipinski definition) is 1. The lowest BCUT2D eigenvalue weighted by Gasteiger charge is -2.29. The van der Waals surface area contributed by atoms with Gasteiger partial charge in [0.05, 0.1) is 17.3 Å². The van der Waals surface area contributed by atoms with Crippen LogP contribution in [0.5, 0.6) is 0 Å². The van der Waals surface area contributed by atoms with Gasteiger partial charge in [0.15, 0.2) is 0 Å². The fraction of sp³-hybridized carbons (Fsp3) is 0.333. The molecule has 1 heterocycles. The molecule has 0 bridgehead atoms. The maximum absolute atomic E-state index is 11.8. The number of nitrogens with one attached hydrogen (secondary N) is 1. The minimum Gasteiger partial charge on any atom is -0.345 e. The highest BCUT2D eigenvalue weighted by molar-refractivity contribution is 6.34. The van der Waals surface area contributed by atoms with Crippen molar-refractivity contribution in [3.05, 3.63) is 28.3 Å². The van der Waals surface area contributed by atoms with Gasteiger partial charge in [0.2, 0.25) is 11.8 Å². The van der Waals surface area contributed by atoms with Gasteiger partial charge in [0, 0.05) is 0 Å². The van der Waals surface area contributed by atoms with Gasteiger partial charge in [-0.05, 0) is 31.0 Å². The zero-order valence-corrected chi connectivity index (χ0v) is 10.5. The van der Waals surface area contributed by atoms with E-state index in [-0.39, 0.29) is 24.9 Å². The molecule has 0 aliphatic carbocycles. The van der Waals surface area contributed by atoms with Gasteiger partial charge in [0.25, 0.3) is 0 Å². The highest BCUT2D eigenvalue weighted by Crippen LogP contribution is 2.31. The summed E-state index contributed by atoms with van der Waals surface area (Å²) in [6.07, 6.45) is 0. The number of piperazine rings is 1. The van der Waals surface area contributed by atoms with E-state index in [1.54, 1.807) is 6.07 Å². The normalized spacial score (nSPS) is 16.1. The Morgan fingerprint density at radius 1 is 1.29 bits per heavy atom. The maximum Gasteiger partial charge on any atom is 0.246 e. The zero-order chi connectivity index (χ0) is 12.6. The van der Waals surface area contributed by atoms with Crippen molar-refractivity contribution in [2.45, 2.75) is 13.8 Å². The lowest BCUT2D eigenvalue weighted by molar-refractivity contribution is -0.128. The summed E-state index contributed by atoms with van der Waals surface area (Å²) < 4.78 is 0. The molecule has 5 heteroatoms. The van der Waals surface area contributed by atoms with E-state index < -0.39 is 0 Å². The number of anilines is 1. The van der Waals surface area contributed by atoms with Gasteiger partial charge in [-0.25, -0.2) is 0 Å². The summed E-state index contributed by atoms with van der Waals surface area (Å²) in [4.78, 5) is 24.6. The molecule has 1 aliphatic heterocycles. The first-order valence-electron chi connectivity index (χ1n) is 5.33. The molecule has 17 heavy (non-hydrogen) atoms. The highest BCUT2D eigenvalue weighted by Gasteiger charge is 2.27. The number of amides is 2. The van der Waals surface area contributed by atoms with Gasteiger partial charge in [0.1, 0.15) is 6.54 Å². The lowest BCUT2D eigenvalue weighted by atomic mass is 10.1. The molecule has 1 fully saturated rings. The van der Waals surface area contributed by atoms with Crippen molar-refractivity contribution in [3.8, 4) is 0 Å². The van der Waals surface area contributed by atoms with Gasteiger partial charge in [-0.1, -0.05) is 17.7 Å². The van der Waals surface area contributed by atoms with E-state index in [0.717, 1.165) is 11.1 Å². The Morgan fingerprint density at radius 3 is 2.65 bits per heavy atom. The molecule has 0 saturated carbocycles. The number of rotatable bonds is 1. The first kappa shape index (κ1) is 11.9. The van der Waals surface area contributed by atoms with Crippen molar-refractivity contribution in [3.63, 3.8) is 0 Å². The molecule has 0 aromatic heterocycles. The van der Waals surface area contributed by atoms with Crippen molar-refractivity contribution < 1.29 is 9.59 Å². The third-order valence-electron chi connectivity index (χ3n) is 2.71.